The molecule has 0 saturated heterocycles. The minimum absolute atomic E-state index is 0.0871. The van der Waals surface area contributed by atoms with Crippen LogP contribution in [0.15, 0.2) is 30.4 Å². The predicted molar refractivity (Wildman–Crippen MR) is 70.3 cm³/mol. The first-order chi connectivity index (χ1) is 7.56. The van der Waals surface area contributed by atoms with Crippen LogP contribution >= 0.6 is 11.6 Å². The van der Waals surface area contributed by atoms with E-state index in [1.165, 1.54) is 0 Å². The zero-order valence-corrected chi connectivity index (χ0v) is 10.6. The number of hydrogen-bond donors (Lipinski definition) is 2. The van der Waals surface area contributed by atoms with Crippen LogP contribution in [0.4, 0.5) is 0 Å². The van der Waals surface area contributed by atoms with Gasteiger partial charge in [-0.05, 0) is 37.8 Å². The average Bonchev–Trinajstić information content (AvgIpc) is 2.24. The molecule has 0 aromatic heterocycles. The molecule has 0 heterocycles. The number of benzene rings is 1. The van der Waals surface area contributed by atoms with E-state index in [9.17, 15) is 0 Å². The highest BCUT2D eigenvalue weighted by atomic mass is 35.5. The van der Waals surface area contributed by atoms with Crippen LogP contribution < -0.4 is 11.3 Å². The Labute approximate surface area is 102 Å². The lowest BCUT2D eigenvalue weighted by Gasteiger charge is -2.18. The Morgan fingerprint density at radius 2 is 2.25 bits per heavy atom. The molecule has 0 aliphatic carbocycles. The molecule has 1 aromatic carbocycles. The van der Waals surface area contributed by atoms with Crippen molar-refractivity contribution < 1.29 is 0 Å². The molecule has 0 radical (unpaired) electrons. The van der Waals surface area contributed by atoms with Crippen molar-refractivity contribution in [3.05, 3.63) is 46.5 Å². The third kappa shape index (κ3) is 3.34. The maximum atomic E-state index is 6.26. The van der Waals surface area contributed by atoms with E-state index < -0.39 is 0 Å². The van der Waals surface area contributed by atoms with Gasteiger partial charge in [0, 0.05) is 11.1 Å². The fourth-order valence-electron chi connectivity index (χ4n) is 1.66. The first-order valence-electron chi connectivity index (χ1n) is 5.41. The Hall–Kier alpha value is -0.830. The Morgan fingerprint density at radius 3 is 2.81 bits per heavy atom. The number of nitrogens with one attached hydrogen (secondary N) is 1. The summed E-state index contributed by atoms with van der Waals surface area (Å²) in [4.78, 5) is 0. The number of allylic oxidation sites excluding steroid dienone is 1. The zero-order valence-electron chi connectivity index (χ0n) is 9.89. The second-order valence-corrected chi connectivity index (χ2v) is 4.57. The first kappa shape index (κ1) is 13.2. The lowest BCUT2D eigenvalue weighted by molar-refractivity contribution is 0.515. The molecule has 1 rings (SSSR count). The van der Waals surface area contributed by atoms with Gasteiger partial charge in [-0.25, -0.2) is 0 Å². The van der Waals surface area contributed by atoms with Crippen LogP contribution in [0, 0.1) is 6.92 Å². The van der Waals surface area contributed by atoms with Gasteiger partial charge in [-0.1, -0.05) is 35.4 Å². The molecule has 0 aliphatic heterocycles. The van der Waals surface area contributed by atoms with Crippen LogP contribution in [0.3, 0.4) is 0 Å². The third-order valence-electron chi connectivity index (χ3n) is 2.66. The van der Waals surface area contributed by atoms with Crippen LogP contribution in [0.5, 0.6) is 0 Å². The quantitative estimate of drug-likeness (QED) is 0.468. The minimum atomic E-state index is 0.0871. The largest absolute Gasteiger partial charge is 0.271 e. The van der Waals surface area contributed by atoms with Crippen molar-refractivity contribution in [3.8, 4) is 0 Å². The highest BCUT2D eigenvalue weighted by molar-refractivity contribution is 6.32. The topological polar surface area (TPSA) is 38.0 Å². The summed E-state index contributed by atoms with van der Waals surface area (Å²) in [6.45, 7) is 7.91. The van der Waals surface area contributed by atoms with Crippen LogP contribution in [-0.2, 0) is 0 Å². The second-order valence-electron chi connectivity index (χ2n) is 4.19. The van der Waals surface area contributed by atoms with Crippen molar-refractivity contribution in [1.82, 2.24) is 5.43 Å². The Balaban J connectivity index is 2.86. The number of nitrogens with two attached hydrogens (primary N) is 1. The van der Waals surface area contributed by atoms with E-state index in [1.807, 2.05) is 32.0 Å². The van der Waals surface area contributed by atoms with E-state index in [0.717, 1.165) is 34.6 Å². The van der Waals surface area contributed by atoms with Gasteiger partial charge in [0.25, 0.3) is 0 Å². The highest BCUT2D eigenvalue weighted by Gasteiger charge is 2.13. The van der Waals surface area contributed by atoms with Gasteiger partial charge in [0.2, 0.25) is 0 Å². The fraction of sp³-hybridized carbons (Fsp3) is 0.385. The van der Waals surface area contributed by atoms with Gasteiger partial charge in [-0.2, -0.15) is 0 Å². The van der Waals surface area contributed by atoms with E-state index in [4.69, 9.17) is 17.4 Å². The predicted octanol–water partition coefficient (Wildman–Crippen LogP) is 3.51. The van der Waals surface area contributed by atoms with Crippen molar-refractivity contribution in [1.29, 1.82) is 0 Å². The van der Waals surface area contributed by atoms with Crippen molar-refractivity contribution in [2.45, 2.75) is 32.7 Å². The Morgan fingerprint density at radius 1 is 1.56 bits per heavy atom. The summed E-state index contributed by atoms with van der Waals surface area (Å²) >= 11 is 6.26. The van der Waals surface area contributed by atoms with Crippen molar-refractivity contribution in [2.75, 3.05) is 0 Å². The minimum Gasteiger partial charge on any atom is -0.271 e. The maximum Gasteiger partial charge on any atom is 0.0483 e. The molecular formula is C13H19ClN2. The summed E-state index contributed by atoms with van der Waals surface area (Å²) in [6.07, 6.45) is 1.86. The molecule has 0 fully saturated rings. The third-order valence-corrected chi connectivity index (χ3v) is 3.17. The van der Waals surface area contributed by atoms with Crippen LogP contribution in [0.1, 0.15) is 36.9 Å². The molecule has 3 N–H and O–H groups in total. The summed E-state index contributed by atoms with van der Waals surface area (Å²) in [5, 5.41) is 0.798. The van der Waals surface area contributed by atoms with Crippen molar-refractivity contribution >= 4 is 11.6 Å². The van der Waals surface area contributed by atoms with Crippen molar-refractivity contribution in [3.63, 3.8) is 0 Å². The molecule has 0 amide bonds. The monoisotopic (exact) mass is 238 g/mol. The Kier molecular flexibility index (Phi) is 5.00. The highest BCUT2D eigenvalue weighted by Crippen LogP contribution is 2.28. The maximum absolute atomic E-state index is 6.26. The van der Waals surface area contributed by atoms with Gasteiger partial charge in [-0.3, -0.25) is 11.3 Å². The van der Waals surface area contributed by atoms with Crippen LogP contribution in [0.2, 0.25) is 5.02 Å². The molecule has 0 spiro atoms. The summed E-state index contributed by atoms with van der Waals surface area (Å²) in [5.41, 5.74) is 6.11. The van der Waals surface area contributed by atoms with Crippen LogP contribution in [-0.4, -0.2) is 0 Å². The molecule has 2 nitrogen and oxygen atoms in total. The molecular weight excluding hydrogens is 220 g/mol. The smallest absolute Gasteiger partial charge is 0.0483 e. The molecule has 1 atom stereocenters. The normalized spacial score (nSPS) is 12.5. The van der Waals surface area contributed by atoms with Crippen LogP contribution in [0.25, 0.3) is 0 Å². The number of halogens is 1. The standard InChI is InChI=1S/C13H19ClN2/c1-9(2)7-8-12(16-15)11-6-4-5-10(3)13(11)14/h4-6,12,16H,1,7-8,15H2,2-3H3. The molecule has 0 bridgehead atoms. The molecule has 16 heavy (non-hydrogen) atoms. The summed E-state index contributed by atoms with van der Waals surface area (Å²) in [7, 11) is 0. The van der Waals surface area contributed by atoms with E-state index >= 15 is 0 Å². The molecule has 1 unspecified atom stereocenters. The SMILES string of the molecule is C=C(C)CCC(NN)c1cccc(C)c1Cl. The van der Waals surface area contributed by atoms with E-state index in [1.54, 1.807) is 0 Å². The van der Waals surface area contributed by atoms with Gasteiger partial charge in [0.15, 0.2) is 0 Å². The Bertz CT molecular complexity index is 374. The van der Waals surface area contributed by atoms with Gasteiger partial charge in [0.05, 0.1) is 0 Å². The number of aryl methyl sites for hydroxylation is 1. The van der Waals surface area contributed by atoms with E-state index in [-0.39, 0.29) is 6.04 Å². The summed E-state index contributed by atoms with van der Waals surface area (Å²) in [6, 6.07) is 6.10. The van der Waals surface area contributed by atoms with Gasteiger partial charge in [-0.15, -0.1) is 6.58 Å². The molecule has 3 heteroatoms. The molecule has 0 saturated carbocycles. The molecule has 0 aliphatic rings. The van der Waals surface area contributed by atoms with Gasteiger partial charge < -0.3 is 0 Å². The van der Waals surface area contributed by atoms with Gasteiger partial charge in [0.1, 0.15) is 0 Å². The fourth-order valence-corrected chi connectivity index (χ4v) is 1.92. The molecule has 88 valence electrons. The number of hydrogen-bond acceptors (Lipinski definition) is 2. The summed E-state index contributed by atoms with van der Waals surface area (Å²) < 4.78 is 0. The van der Waals surface area contributed by atoms with E-state index in [2.05, 4.69) is 12.0 Å². The zero-order chi connectivity index (χ0) is 12.1. The summed E-state index contributed by atoms with van der Waals surface area (Å²) in [5.74, 6) is 5.57. The van der Waals surface area contributed by atoms with Gasteiger partial charge >= 0.3 is 0 Å². The number of rotatable bonds is 5. The lowest BCUT2D eigenvalue weighted by atomic mass is 9.99. The second kappa shape index (κ2) is 6.04. The lowest BCUT2D eigenvalue weighted by Crippen LogP contribution is -2.28. The van der Waals surface area contributed by atoms with Crippen molar-refractivity contribution in [2.24, 2.45) is 5.84 Å². The number of hydrazine groups is 1. The molecule has 1 aromatic rings. The first-order valence-corrected chi connectivity index (χ1v) is 5.79. The average molecular weight is 239 g/mol. The van der Waals surface area contributed by atoms with E-state index in [0.29, 0.717) is 0 Å².